The van der Waals surface area contributed by atoms with E-state index in [-0.39, 0.29) is 6.61 Å². The molecule has 0 aliphatic heterocycles. The summed E-state index contributed by atoms with van der Waals surface area (Å²) in [6.07, 6.45) is 6.64. The van der Waals surface area contributed by atoms with E-state index in [1.165, 1.54) is 0 Å². The summed E-state index contributed by atoms with van der Waals surface area (Å²) in [4.78, 5) is 10.8. The Labute approximate surface area is 66.7 Å². The van der Waals surface area contributed by atoms with E-state index in [0.29, 0.717) is 0 Å². The van der Waals surface area contributed by atoms with Gasteiger partial charge in [-0.2, -0.15) is 0 Å². The Morgan fingerprint density at radius 2 is 2.09 bits per heavy atom. The van der Waals surface area contributed by atoms with Gasteiger partial charge < -0.3 is 9.47 Å². The molecule has 0 bridgehead atoms. The Morgan fingerprint density at radius 1 is 1.55 bits per heavy atom. The molecule has 0 aromatic heterocycles. The van der Waals surface area contributed by atoms with Crippen LogP contribution in [0.2, 0.25) is 0 Å². The van der Waals surface area contributed by atoms with E-state index < -0.39 is 11.6 Å². The molecule has 0 spiro atoms. The average molecular weight is 156 g/mol. The highest BCUT2D eigenvalue weighted by molar-refractivity contribution is 5.71. The van der Waals surface area contributed by atoms with Gasteiger partial charge in [-0.25, -0.2) is 4.79 Å². The summed E-state index contributed by atoms with van der Waals surface area (Å²) in [5.41, 5.74) is -0.477. The van der Waals surface area contributed by atoms with E-state index in [9.17, 15) is 4.79 Å². The second kappa shape index (κ2) is 3.87. The fraction of sp³-hybridized carbons (Fsp3) is 0.625. The molecule has 0 aromatic rings. The fourth-order valence-electron chi connectivity index (χ4n) is 0.472. The molecule has 62 valence electrons. The normalized spacial score (nSPS) is 10.0. The van der Waals surface area contributed by atoms with Crippen LogP contribution in [0.5, 0.6) is 0 Å². The Bertz CT molecular complexity index is 171. The van der Waals surface area contributed by atoms with Crippen LogP contribution in [0.1, 0.15) is 20.8 Å². The number of hydrogen-bond donors (Lipinski definition) is 0. The lowest BCUT2D eigenvalue weighted by Gasteiger charge is -2.18. The van der Waals surface area contributed by atoms with Crippen LogP contribution in [-0.2, 0) is 14.3 Å². The Hall–Kier alpha value is -1.17. The van der Waals surface area contributed by atoms with Crippen molar-refractivity contribution in [2.24, 2.45) is 0 Å². The van der Waals surface area contributed by atoms with Gasteiger partial charge in [0, 0.05) is 0 Å². The van der Waals surface area contributed by atoms with Gasteiger partial charge in [-0.15, -0.1) is 0 Å². The smallest absolute Gasteiger partial charge is 0.345 e. The van der Waals surface area contributed by atoms with Crippen LogP contribution in [0.3, 0.4) is 0 Å². The van der Waals surface area contributed by atoms with E-state index in [1.54, 1.807) is 20.8 Å². The van der Waals surface area contributed by atoms with Crippen LogP contribution in [0.25, 0.3) is 0 Å². The minimum Gasteiger partial charge on any atom is -0.457 e. The van der Waals surface area contributed by atoms with E-state index in [2.05, 4.69) is 4.74 Å². The van der Waals surface area contributed by atoms with E-state index in [0.717, 1.165) is 0 Å². The number of carbonyl (C=O) groups is 1. The highest BCUT2D eigenvalue weighted by atomic mass is 16.6. The van der Waals surface area contributed by atoms with Crippen molar-refractivity contribution in [1.29, 1.82) is 0 Å². The summed E-state index contributed by atoms with van der Waals surface area (Å²) < 4.78 is 9.27. The minimum absolute atomic E-state index is 0.187. The number of carbonyl (C=O) groups excluding carboxylic acids is 1. The number of rotatable bonds is 2. The van der Waals surface area contributed by atoms with Crippen molar-refractivity contribution < 1.29 is 14.3 Å². The van der Waals surface area contributed by atoms with Crippen molar-refractivity contribution >= 4 is 5.97 Å². The lowest BCUT2D eigenvalue weighted by atomic mass is 10.2. The molecule has 0 saturated heterocycles. The van der Waals surface area contributed by atoms with Crippen molar-refractivity contribution in [3.63, 3.8) is 0 Å². The van der Waals surface area contributed by atoms with Crippen LogP contribution >= 0.6 is 0 Å². The lowest BCUT2D eigenvalue weighted by Crippen LogP contribution is -2.26. The van der Waals surface area contributed by atoms with Crippen LogP contribution in [0.15, 0.2) is 0 Å². The third-order valence-electron chi connectivity index (χ3n) is 0.693. The molecule has 0 saturated carbocycles. The Morgan fingerprint density at radius 3 is 2.45 bits per heavy atom. The second-order valence-corrected chi connectivity index (χ2v) is 2.99. The predicted octanol–water partition coefficient (Wildman–Crippen LogP) is 0.935. The first-order valence-electron chi connectivity index (χ1n) is 3.25. The van der Waals surface area contributed by atoms with Crippen molar-refractivity contribution in [1.82, 2.24) is 0 Å². The standard InChI is InChI=1S/C8H12O3/c1-5-10-6-7(9)11-8(2,3)4/h1H,6H2,2-4H3. The maximum absolute atomic E-state index is 10.8. The number of esters is 1. The maximum Gasteiger partial charge on any atom is 0.345 e. The van der Waals surface area contributed by atoms with Crippen molar-refractivity contribution in [2.75, 3.05) is 6.61 Å². The first-order valence-corrected chi connectivity index (χ1v) is 3.25. The van der Waals surface area contributed by atoms with Crippen molar-refractivity contribution in [3.8, 4) is 12.5 Å². The first-order chi connectivity index (χ1) is 4.95. The summed E-state index contributed by atoms with van der Waals surface area (Å²) in [5, 5.41) is 0. The second-order valence-electron chi connectivity index (χ2n) is 2.99. The zero-order valence-corrected chi connectivity index (χ0v) is 7.01. The third-order valence-corrected chi connectivity index (χ3v) is 0.693. The quantitative estimate of drug-likeness (QED) is 0.441. The third kappa shape index (κ3) is 6.72. The fourth-order valence-corrected chi connectivity index (χ4v) is 0.472. The van der Waals surface area contributed by atoms with Crippen LogP contribution in [0.4, 0.5) is 0 Å². The van der Waals surface area contributed by atoms with Gasteiger partial charge in [0.25, 0.3) is 0 Å². The van der Waals surface area contributed by atoms with E-state index in [4.69, 9.17) is 11.2 Å². The first kappa shape index (κ1) is 9.83. The van der Waals surface area contributed by atoms with Crippen molar-refractivity contribution in [3.05, 3.63) is 0 Å². The molecular formula is C8H12O3. The van der Waals surface area contributed by atoms with Crippen LogP contribution < -0.4 is 0 Å². The van der Waals surface area contributed by atoms with Gasteiger partial charge in [0.05, 0.1) is 0 Å². The summed E-state index contributed by atoms with van der Waals surface area (Å²) in [6.45, 7) is 5.15. The van der Waals surface area contributed by atoms with Gasteiger partial charge >= 0.3 is 5.97 Å². The average Bonchev–Trinajstić information content (AvgIpc) is 1.79. The zero-order valence-electron chi connectivity index (χ0n) is 7.01. The molecule has 0 aliphatic rings. The number of terminal acetylenes is 1. The zero-order chi connectivity index (χ0) is 8.91. The molecule has 0 rings (SSSR count). The molecule has 0 radical (unpaired) electrons. The molecule has 0 heterocycles. The molecule has 0 N–H and O–H groups in total. The number of ether oxygens (including phenoxy) is 2. The van der Waals surface area contributed by atoms with Gasteiger partial charge in [-0.1, -0.05) is 6.42 Å². The molecular weight excluding hydrogens is 144 g/mol. The molecule has 3 nitrogen and oxygen atoms in total. The SMILES string of the molecule is C#COCC(=O)OC(C)(C)C. The van der Waals surface area contributed by atoms with Gasteiger partial charge in [0.15, 0.2) is 6.61 Å². The topological polar surface area (TPSA) is 35.5 Å². The highest BCUT2D eigenvalue weighted by Crippen LogP contribution is 2.06. The van der Waals surface area contributed by atoms with Gasteiger partial charge in [-0.3, -0.25) is 0 Å². The van der Waals surface area contributed by atoms with E-state index in [1.807, 2.05) is 6.11 Å². The summed E-state index contributed by atoms with van der Waals surface area (Å²) >= 11 is 0. The molecule has 3 heteroatoms. The monoisotopic (exact) mass is 156 g/mol. The van der Waals surface area contributed by atoms with Gasteiger partial charge in [0.2, 0.25) is 0 Å². The lowest BCUT2D eigenvalue weighted by molar-refractivity contribution is -0.157. The molecule has 0 aliphatic carbocycles. The summed E-state index contributed by atoms with van der Waals surface area (Å²) in [5.74, 6) is -0.449. The van der Waals surface area contributed by atoms with E-state index >= 15 is 0 Å². The molecule has 0 atom stereocenters. The predicted molar refractivity (Wildman–Crippen MR) is 40.6 cm³/mol. The van der Waals surface area contributed by atoms with Crippen LogP contribution in [0, 0.1) is 12.5 Å². The van der Waals surface area contributed by atoms with Crippen molar-refractivity contribution in [2.45, 2.75) is 26.4 Å². The van der Waals surface area contributed by atoms with Gasteiger partial charge in [-0.05, 0) is 20.8 Å². The minimum atomic E-state index is -0.477. The highest BCUT2D eigenvalue weighted by Gasteiger charge is 2.15. The Balaban J connectivity index is 3.64. The molecule has 0 aromatic carbocycles. The molecule has 0 fully saturated rings. The largest absolute Gasteiger partial charge is 0.457 e. The molecule has 11 heavy (non-hydrogen) atoms. The van der Waals surface area contributed by atoms with Gasteiger partial charge in [0.1, 0.15) is 11.7 Å². The maximum atomic E-state index is 10.8. The molecule has 0 unspecified atom stereocenters. The number of hydrogen-bond acceptors (Lipinski definition) is 3. The summed E-state index contributed by atoms with van der Waals surface area (Å²) in [6, 6.07) is 0. The molecule has 0 amide bonds. The van der Waals surface area contributed by atoms with Crippen LogP contribution in [-0.4, -0.2) is 18.2 Å². The Kier molecular flexibility index (Phi) is 3.46. The summed E-state index contributed by atoms with van der Waals surface area (Å²) in [7, 11) is 0.